The average molecular weight is 453 g/mol. The van der Waals surface area contributed by atoms with Gasteiger partial charge in [0.15, 0.2) is 0 Å². The van der Waals surface area contributed by atoms with Crippen LogP contribution in [-0.4, -0.2) is 31.4 Å². The lowest BCUT2D eigenvalue weighted by molar-refractivity contribution is -0.118. The fraction of sp³-hybridized carbons (Fsp3) is 0.208. The molecule has 0 spiro atoms. The van der Waals surface area contributed by atoms with Crippen molar-refractivity contribution in [2.45, 2.75) is 24.8 Å². The average Bonchev–Trinajstić information content (AvgIpc) is 3.02. The Hall–Kier alpha value is -2.77. The maximum Gasteiger partial charge on any atom is 0.237 e. The van der Waals surface area contributed by atoms with Crippen LogP contribution in [0.25, 0.3) is 21.8 Å². The predicted molar refractivity (Wildman–Crippen MR) is 128 cm³/mol. The molecule has 0 fully saturated rings. The highest BCUT2D eigenvalue weighted by Gasteiger charge is 2.21. The highest BCUT2D eigenvalue weighted by molar-refractivity contribution is 7.98. The van der Waals surface area contributed by atoms with E-state index in [0.717, 1.165) is 33.3 Å². The highest BCUT2D eigenvalue weighted by Crippen LogP contribution is 2.39. The molecule has 3 aromatic carbocycles. The molecule has 1 N–H and O–H groups in total. The summed E-state index contributed by atoms with van der Waals surface area (Å²) >= 11 is 1.58. The third-order valence-electron chi connectivity index (χ3n) is 5.30. The van der Waals surface area contributed by atoms with Crippen LogP contribution in [0.2, 0.25) is 0 Å². The number of carbonyl (C=O) groups is 1. The van der Waals surface area contributed by atoms with Gasteiger partial charge in [0.2, 0.25) is 15.9 Å². The molecular weight excluding hydrogens is 428 g/mol. The minimum atomic E-state index is -3.60. The molecule has 0 unspecified atom stereocenters. The summed E-state index contributed by atoms with van der Waals surface area (Å²) in [5.41, 5.74) is 5.31. The lowest BCUT2D eigenvalue weighted by Crippen LogP contribution is -2.30. The van der Waals surface area contributed by atoms with Crippen molar-refractivity contribution < 1.29 is 13.2 Å². The molecule has 4 rings (SSSR count). The molecule has 0 aliphatic heterocycles. The van der Waals surface area contributed by atoms with Gasteiger partial charge in [0.05, 0.1) is 18.2 Å². The lowest BCUT2D eigenvalue weighted by Gasteiger charge is -2.15. The van der Waals surface area contributed by atoms with Crippen LogP contribution >= 0.6 is 11.8 Å². The Morgan fingerprint density at radius 2 is 1.74 bits per heavy atom. The number of carbonyl (C=O) groups excluding carboxylic acids is 1. The van der Waals surface area contributed by atoms with E-state index in [4.69, 9.17) is 0 Å². The summed E-state index contributed by atoms with van der Waals surface area (Å²) in [6, 6.07) is 20.6. The van der Waals surface area contributed by atoms with Crippen molar-refractivity contribution >= 4 is 49.5 Å². The van der Waals surface area contributed by atoms with Gasteiger partial charge in [-0.25, -0.2) is 8.42 Å². The fourth-order valence-corrected chi connectivity index (χ4v) is 5.48. The summed E-state index contributed by atoms with van der Waals surface area (Å²) in [6.45, 7) is 2.75. The molecule has 1 heterocycles. The SMILES string of the molecule is CSc1c(CC(=O)NS(C)(=O)=O)cc(C)c2c3ccccc3n(Cc3ccccc3)c12. The third kappa shape index (κ3) is 4.34. The second kappa shape index (κ2) is 8.40. The number of aromatic nitrogens is 1. The minimum absolute atomic E-state index is 0.00683. The first-order valence-corrected chi connectivity index (χ1v) is 13.0. The normalized spacial score (nSPS) is 11.8. The third-order valence-corrected chi connectivity index (χ3v) is 6.76. The molecule has 0 aliphatic rings. The van der Waals surface area contributed by atoms with Crippen molar-refractivity contribution in [3.05, 3.63) is 77.4 Å². The van der Waals surface area contributed by atoms with Gasteiger partial charge < -0.3 is 4.57 Å². The summed E-state index contributed by atoms with van der Waals surface area (Å²) in [6.07, 6.45) is 2.99. The summed E-state index contributed by atoms with van der Waals surface area (Å²) in [5, 5.41) is 2.34. The monoisotopic (exact) mass is 452 g/mol. The number of rotatable bonds is 6. The van der Waals surface area contributed by atoms with E-state index in [2.05, 4.69) is 33.6 Å². The Kier molecular flexibility index (Phi) is 5.81. The van der Waals surface area contributed by atoms with Crippen LogP contribution in [0.3, 0.4) is 0 Å². The van der Waals surface area contributed by atoms with Crippen LogP contribution in [0.4, 0.5) is 0 Å². The first kappa shape index (κ1) is 21.5. The van der Waals surface area contributed by atoms with Crippen molar-refractivity contribution in [3.63, 3.8) is 0 Å². The molecule has 0 saturated carbocycles. The number of aryl methyl sites for hydroxylation is 1. The first-order chi connectivity index (χ1) is 14.8. The van der Waals surface area contributed by atoms with Gasteiger partial charge in [-0.3, -0.25) is 9.52 Å². The van der Waals surface area contributed by atoms with E-state index < -0.39 is 15.9 Å². The second-order valence-electron chi connectivity index (χ2n) is 7.67. The molecule has 4 aromatic rings. The number of amides is 1. The summed E-state index contributed by atoms with van der Waals surface area (Å²) in [7, 11) is -3.60. The van der Waals surface area contributed by atoms with Crippen molar-refractivity contribution in [2.24, 2.45) is 0 Å². The van der Waals surface area contributed by atoms with Crippen molar-refractivity contribution in [1.29, 1.82) is 0 Å². The molecule has 0 saturated heterocycles. The molecule has 31 heavy (non-hydrogen) atoms. The Morgan fingerprint density at radius 1 is 1.06 bits per heavy atom. The number of para-hydroxylation sites is 1. The van der Waals surface area contributed by atoms with E-state index in [1.54, 1.807) is 11.8 Å². The van der Waals surface area contributed by atoms with Gasteiger partial charge in [-0.05, 0) is 35.9 Å². The van der Waals surface area contributed by atoms with Crippen LogP contribution in [0, 0.1) is 6.92 Å². The molecule has 7 heteroatoms. The molecular formula is C24H24N2O3S2. The van der Waals surface area contributed by atoms with Crippen molar-refractivity contribution in [3.8, 4) is 0 Å². The van der Waals surface area contributed by atoms with Gasteiger partial charge in [0.25, 0.3) is 0 Å². The maximum absolute atomic E-state index is 12.4. The number of nitrogens with zero attached hydrogens (tertiary/aromatic N) is 1. The topological polar surface area (TPSA) is 68.2 Å². The highest BCUT2D eigenvalue weighted by atomic mass is 32.2. The molecule has 0 bridgehead atoms. The number of hydrogen-bond donors (Lipinski definition) is 1. The second-order valence-corrected chi connectivity index (χ2v) is 10.2. The molecule has 0 atom stereocenters. The summed E-state index contributed by atoms with van der Waals surface area (Å²) in [4.78, 5) is 13.4. The van der Waals surface area contributed by atoms with E-state index in [9.17, 15) is 13.2 Å². The van der Waals surface area contributed by atoms with Crippen LogP contribution in [0.1, 0.15) is 16.7 Å². The number of benzene rings is 3. The number of fused-ring (bicyclic) bond motifs is 3. The number of thioether (sulfide) groups is 1. The Bertz CT molecular complexity index is 1390. The fourth-order valence-electron chi connectivity index (χ4n) is 4.19. The summed E-state index contributed by atoms with van der Waals surface area (Å²) < 4.78 is 27.4. The van der Waals surface area contributed by atoms with Gasteiger partial charge in [-0.15, -0.1) is 11.8 Å². The van der Waals surface area contributed by atoms with Gasteiger partial charge in [0.1, 0.15) is 0 Å². The zero-order valence-corrected chi connectivity index (χ0v) is 19.3. The molecule has 1 aromatic heterocycles. The largest absolute Gasteiger partial charge is 0.335 e. The Labute approximate surface area is 186 Å². The van der Waals surface area contributed by atoms with Crippen LogP contribution in [0.5, 0.6) is 0 Å². The quantitative estimate of drug-likeness (QED) is 0.438. The number of hydrogen-bond acceptors (Lipinski definition) is 4. The molecule has 1 amide bonds. The molecule has 5 nitrogen and oxygen atoms in total. The van der Waals surface area contributed by atoms with Crippen LogP contribution in [0.15, 0.2) is 65.6 Å². The van der Waals surface area contributed by atoms with Crippen LogP contribution in [-0.2, 0) is 27.8 Å². The van der Waals surface area contributed by atoms with E-state index in [1.807, 2.05) is 49.6 Å². The van der Waals surface area contributed by atoms with Gasteiger partial charge in [-0.2, -0.15) is 0 Å². The number of nitrogens with one attached hydrogen (secondary N) is 1. The standard InChI is InChI=1S/C24H24N2O3S2/c1-16-13-18(14-21(27)25-31(3,28)29)24(30-2)23-22(16)19-11-7-8-12-20(19)26(23)15-17-9-5-4-6-10-17/h4-13H,14-15H2,1-3H3,(H,25,27). The number of sulfonamides is 1. The first-order valence-electron chi connectivity index (χ1n) is 9.90. The molecule has 0 radical (unpaired) electrons. The zero-order valence-electron chi connectivity index (χ0n) is 17.7. The zero-order chi connectivity index (χ0) is 22.2. The van der Waals surface area contributed by atoms with Crippen molar-refractivity contribution in [1.82, 2.24) is 9.29 Å². The minimum Gasteiger partial charge on any atom is -0.335 e. The molecule has 160 valence electrons. The summed E-state index contributed by atoms with van der Waals surface area (Å²) in [5.74, 6) is -0.526. The predicted octanol–water partition coefficient (Wildman–Crippen LogP) is 4.49. The smallest absolute Gasteiger partial charge is 0.237 e. The maximum atomic E-state index is 12.4. The van der Waals surface area contributed by atoms with E-state index >= 15 is 0 Å². The van der Waals surface area contributed by atoms with E-state index in [-0.39, 0.29) is 6.42 Å². The lowest BCUT2D eigenvalue weighted by atomic mass is 10.0. The van der Waals surface area contributed by atoms with Crippen LogP contribution < -0.4 is 4.72 Å². The van der Waals surface area contributed by atoms with Gasteiger partial charge in [-0.1, -0.05) is 54.6 Å². The Balaban J connectivity index is 1.96. The van der Waals surface area contributed by atoms with E-state index in [0.29, 0.717) is 6.54 Å². The van der Waals surface area contributed by atoms with E-state index in [1.165, 1.54) is 16.3 Å². The Morgan fingerprint density at radius 3 is 2.42 bits per heavy atom. The van der Waals surface area contributed by atoms with Gasteiger partial charge >= 0.3 is 0 Å². The molecule has 0 aliphatic carbocycles. The van der Waals surface area contributed by atoms with Crippen molar-refractivity contribution in [2.75, 3.05) is 12.5 Å². The van der Waals surface area contributed by atoms with Gasteiger partial charge in [0, 0.05) is 27.7 Å².